The van der Waals surface area contributed by atoms with Crippen LogP contribution in [0.15, 0.2) is 35.7 Å². The highest BCUT2D eigenvalue weighted by Gasteiger charge is 2.15. The highest BCUT2D eigenvalue weighted by atomic mass is 35.5. The highest BCUT2D eigenvalue weighted by molar-refractivity contribution is 7.09. The first-order valence-corrected chi connectivity index (χ1v) is 8.01. The predicted octanol–water partition coefficient (Wildman–Crippen LogP) is 5.21. The Balaban J connectivity index is 2.19. The molecular formula is C15H17Cl2NS. The summed E-state index contributed by atoms with van der Waals surface area (Å²) in [6.07, 6.45) is 1.03. The lowest BCUT2D eigenvalue weighted by Gasteiger charge is -2.29. The summed E-state index contributed by atoms with van der Waals surface area (Å²) in [6.45, 7) is 2.22. The first-order valence-electron chi connectivity index (χ1n) is 6.22. The average molecular weight is 314 g/mol. The molecule has 0 radical (unpaired) electrons. The predicted molar refractivity (Wildman–Crippen MR) is 86.9 cm³/mol. The second-order valence-corrected chi connectivity index (χ2v) is 6.32. The van der Waals surface area contributed by atoms with E-state index in [1.54, 1.807) is 11.3 Å². The average Bonchev–Trinajstić information content (AvgIpc) is 2.90. The summed E-state index contributed by atoms with van der Waals surface area (Å²) in [5.41, 5.74) is 2.12. The van der Waals surface area contributed by atoms with Crippen molar-refractivity contribution in [2.24, 2.45) is 0 Å². The van der Waals surface area contributed by atoms with E-state index in [1.165, 1.54) is 4.88 Å². The van der Waals surface area contributed by atoms with Gasteiger partial charge in [-0.1, -0.05) is 23.7 Å². The van der Waals surface area contributed by atoms with Gasteiger partial charge in [-0.3, -0.25) is 0 Å². The Labute approximate surface area is 128 Å². The fraction of sp³-hybridized carbons (Fsp3) is 0.333. The molecule has 4 heteroatoms. The number of nitrogens with zero attached hydrogens (tertiary/aromatic N) is 1. The van der Waals surface area contributed by atoms with Gasteiger partial charge in [0.15, 0.2) is 0 Å². The third-order valence-electron chi connectivity index (χ3n) is 3.35. The largest absolute Gasteiger partial charge is 0.371 e. The lowest BCUT2D eigenvalue weighted by Crippen LogP contribution is -2.31. The van der Waals surface area contributed by atoms with Crippen molar-refractivity contribution in [2.45, 2.75) is 25.3 Å². The molecule has 1 heterocycles. The van der Waals surface area contributed by atoms with Gasteiger partial charge in [0.1, 0.15) is 0 Å². The Hall–Kier alpha value is -0.700. The van der Waals surface area contributed by atoms with Crippen LogP contribution in [0.2, 0.25) is 5.02 Å². The van der Waals surface area contributed by atoms with Crippen LogP contribution in [0.5, 0.6) is 0 Å². The molecular weight excluding hydrogens is 297 g/mol. The number of likely N-dealkylation sites (N-methyl/N-ethyl adjacent to an activating group) is 1. The summed E-state index contributed by atoms with van der Waals surface area (Å²) in [5.74, 6) is 0.436. The number of alkyl halides is 1. The van der Waals surface area contributed by atoms with Crippen molar-refractivity contribution in [2.75, 3.05) is 11.9 Å². The van der Waals surface area contributed by atoms with E-state index in [1.807, 2.05) is 12.1 Å². The molecule has 1 atom stereocenters. The summed E-state index contributed by atoms with van der Waals surface area (Å²) in [6, 6.07) is 10.6. The van der Waals surface area contributed by atoms with E-state index in [0.717, 1.165) is 22.7 Å². The topological polar surface area (TPSA) is 3.24 Å². The molecule has 0 saturated carbocycles. The number of hydrogen-bond acceptors (Lipinski definition) is 2. The first-order chi connectivity index (χ1) is 9.13. The maximum atomic E-state index is 6.21. The number of anilines is 1. The molecule has 0 saturated heterocycles. The number of rotatable bonds is 5. The minimum Gasteiger partial charge on any atom is -0.371 e. The van der Waals surface area contributed by atoms with Crippen LogP contribution in [0.1, 0.15) is 17.4 Å². The van der Waals surface area contributed by atoms with Gasteiger partial charge in [-0.25, -0.2) is 0 Å². The van der Waals surface area contributed by atoms with E-state index in [-0.39, 0.29) is 0 Å². The molecule has 2 aromatic rings. The van der Waals surface area contributed by atoms with Crippen LogP contribution in [0.4, 0.5) is 5.69 Å². The van der Waals surface area contributed by atoms with Gasteiger partial charge in [-0.15, -0.1) is 22.9 Å². The molecule has 0 aliphatic carbocycles. The van der Waals surface area contributed by atoms with Gasteiger partial charge in [-0.2, -0.15) is 0 Å². The third kappa shape index (κ3) is 3.44. The van der Waals surface area contributed by atoms with Crippen LogP contribution in [0.3, 0.4) is 0 Å². The molecule has 1 aromatic carbocycles. The lowest BCUT2D eigenvalue weighted by molar-refractivity contribution is 0.686. The zero-order chi connectivity index (χ0) is 13.8. The first kappa shape index (κ1) is 14.7. The van der Waals surface area contributed by atoms with Crippen LogP contribution >= 0.6 is 34.5 Å². The molecule has 1 aromatic heterocycles. The summed E-state index contributed by atoms with van der Waals surface area (Å²) in [5, 5.41) is 2.86. The molecule has 0 bridgehead atoms. The van der Waals surface area contributed by atoms with E-state index in [2.05, 4.69) is 42.5 Å². The van der Waals surface area contributed by atoms with Crippen LogP contribution in [-0.2, 0) is 12.3 Å². The zero-order valence-electron chi connectivity index (χ0n) is 11.1. The lowest BCUT2D eigenvalue weighted by atomic mass is 10.1. The van der Waals surface area contributed by atoms with Gasteiger partial charge < -0.3 is 4.90 Å². The van der Waals surface area contributed by atoms with Crippen molar-refractivity contribution < 1.29 is 0 Å². The van der Waals surface area contributed by atoms with Crippen molar-refractivity contribution in [1.29, 1.82) is 0 Å². The second kappa shape index (κ2) is 6.65. The fourth-order valence-electron chi connectivity index (χ4n) is 2.10. The molecule has 0 aliphatic heterocycles. The molecule has 1 unspecified atom stereocenters. The summed E-state index contributed by atoms with van der Waals surface area (Å²) in [7, 11) is 2.10. The molecule has 19 heavy (non-hydrogen) atoms. The van der Waals surface area contributed by atoms with Crippen LogP contribution in [-0.4, -0.2) is 13.1 Å². The number of hydrogen-bond donors (Lipinski definition) is 0. The quantitative estimate of drug-likeness (QED) is 0.685. The Kier molecular flexibility index (Phi) is 5.14. The molecule has 2 rings (SSSR count). The second-order valence-electron chi connectivity index (χ2n) is 4.61. The molecule has 0 fully saturated rings. The maximum absolute atomic E-state index is 6.21. The number of halogens is 2. The SMILES string of the molecule is CC(Cc1cccs1)N(C)c1cccc(Cl)c1CCl. The molecule has 0 amide bonds. The summed E-state index contributed by atoms with van der Waals surface area (Å²) in [4.78, 5) is 3.65. The van der Waals surface area contributed by atoms with Gasteiger partial charge in [0, 0.05) is 40.7 Å². The smallest absolute Gasteiger partial charge is 0.0509 e. The molecule has 0 N–H and O–H groups in total. The third-order valence-corrected chi connectivity index (χ3v) is 4.87. The van der Waals surface area contributed by atoms with Gasteiger partial charge >= 0.3 is 0 Å². The van der Waals surface area contributed by atoms with Crippen molar-refractivity contribution in [3.05, 3.63) is 51.2 Å². The molecule has 1 nitrogen and oxygen atoms in total. The fourth-order valence-corrected chi connectivity index (χ4v) is 3.52. The normalized spacial score (nSPS) is 12.4. The standard InChI is InChI=1S/C15H17Cl2NS/c1-11(9-12-5-4-8-19-12)18(2)15-7-3-6-14(17)13(15)10-16/h3-8,11H,9-10H2,1-2H3. The van der Waals surface area contributed by atoms with Crippen LogP contribution in [0, 0.1) is 0 Å². The van der Waals surface area contributed by atoms with Crippen molar-refractivity contribution in [3.63, 3.8) is 0 Å². The summed E-state index contributed by atoms with van der Waals surface area (Å²) >= 11 is 14.0. The highest BCUT2D eigenvalue weighted by Crippen LogP contribution is 2.30. The van der Waals surface area contributed by atoms with Crippen molar-refractivity contribution in [3.8, 4) is 0 Å². The van der Waals surface area contributed by atoms with E-state index in [4.69, 9.17) is 23.2 Å². The Morgan fingerprint density at radius 2 is 2.05 bits per heavy atom. The Morgan fingerprint density at radius 1 is 1.26 bits per heavy atom. The monoisotopic (exact) mass is 313 g/mol. The molecule has 102 valence electrons. The van der Waals surface area contributed by atoms with E-state index >= 15 is 0 Å². The Bertz CT molecular complexity index is 525. The van der Waals surface area contributed by atoms with E-state index in [0.29, 0.717) is 11.9 Å². The summed E-state index contributed by atoms with van der Waals surface area (Å²) < 4.78 is 0. The van der Waals surface area contributed by atoms with Gasteiger partial charge in [0.05, 0.1) is 5.88 Å². The van der Waals surface area contributed by atoms with Gasteiger partial charge in [0.2, 0.25) is 0 Å². The van der Waals surface area contributed by atoms with Crippen LogP contribution in [0.25, 0.3) is 0 Å². The number of benzene rings is 1. The van der Waals surface area contributed by atoms with Crippen molar-refractivity contribution >= 4 is 40.2 Å². The molecule has 0 aliphatic rings. The van der Waals surface area contributed by atoms with Crippen molar-refractivity contribution in [1.82, 2.24) is 0 Å². The van der Waals surface area contributed by atoms with E-state index < -0.39 is 0 Å². The number of thiophene rings is 1. The molecule has 0 spiro atoms. The zero-order valence-corrected chi connectivity index (χ0v) is 13.4. The Morgan fingerprint density at radius 3 is 2.68 bits per heavy atom. The van der Waals surface area contributed by atoms with Gasteiger partial charge in [0.25, 0.3) is 0 Å². The van der Waals surface area contributed by atoms with Crippen LogP contribution < -0.4 is 4.90 Å². The minimum atomic E-state index is 0.402. The minimum absolute atomic E-state index is 0.402. The van der Waals surface area contributed by atoms with Gasteiger partial charge in [-0.05, 0) is 30.5 Å². The maximum Gasteiger partial charge on any atom is 0.0509 e. The van der Waals surface area contributed by atoms with E-state index in [9.17, 15) is 0 Å².